The van der Waals surface area contributed by atoms with Crippen molar-refractivity contribution in [2.45, 2.75) is 25.8 Å². The van der Waals surface area contributed by atoms with E-state index in [9.17, 15) is 9.90 Å². The highest BCUT2D eigenvalue weighted by atomic mass is 16.5. The van der Waals surface area contributed by atoms with Crippen molar-refractivity contribution in [2.24, 2.45) is 4.99 Å². The number of methoxy groups -OCH3 is 1. The molecule has 1 aliphatic rings. The van der Waals surface area contributed by atoms with Crippen LogP contribution in [-0.2, 0) is 9.53 Å². The molecule has 5 nitrogen and oxygen atoms in total. The molecule has 1 aromatic rings. The molecule has 0 spiro atoms. The van der Waals surface area contributed by atoms with Crippen molar-refractivity contribution in [2.75, 3.05) is 13.7 Å². The molecule has 0 bridgehead atoms. The topological polar surface area (TPSA) is 68.1 Å². The van der Waals surface area contributed by atoms with Crippen molar-refractivity contribution in [1.82, 2.24) is 0 Å². The molecule has 0 unspecified atom stereocenters. The Bertz CT molecular complexity index is 573. The second-order valence-corrected chi connectivity index (χ2v) is 4.69. The minimum atomic E-state index is -0.592. The maximum atomic E-state index is 12.0. The molecule has 0 aromatic heterocycles. The Labute approximate surface area is 123 Å². The summed E-state index contributed by atoms with van der Waals surface area (Å²) in [6.45, 7) is 1.95. The van der Waals surface area contributed by atoms with E-state index in [2.05, 4.69) is 4.99 Å². The van der Waals surface area contributed by atoms with Gasteiger partial charge in [0.1, 0.15) is 17.1 Å². The number of esters is 1. The number of carbonyl (C=O) groups excluding carboxylic acids is 1. The summed E-state index contributed by atoms with van der Waals surface area (Å²) in [5.41, 5.74) is 0.485. The van der Waals surface area contributed by atoms with Crippen LogP contribution in [0.5, 0.6) is 5.75 Å². The van der Waals surface area contributed by atoms with E-state index in [4.69, 9.17) is 9.47 Å². The van der Waals surface area contributed by atoms with Gasteiger partial charge in [-0.1, -0.05) is 12.1 Å². The zero-order chi connectivity index (χ0) is 15.2. The number of aliphatic hydroxyl groups excluding tert-OH is 1. The van der Waals surface area contributed by atoms with Crippen molar-refractivity contribution in [1.29, 1.82) is 0 Å². The molecular weight excluding hydrogens is 270 g/mol. The van der Waals surface area contributed by atoms with Gasteiger partial charge < -0.3 is 14.6 Å². The Morgan fingerprint density at radius 2 is 2.14 bits per heavy atom. The lowest BCUT2D eigenvalue weighted by molar-refractivity contribution is -0.137. The van der Waals surface area contributed by atoms with Gasteiger partial charge in [-0.05, 0) is 31.9 Å². The number of carbonyl (C=O) groups is 1. The third-order valence-electron chi connectivity index (χ3n) is 3.07. The predicted molar refractivity (Wildman–Crippen MR) is 80.7 cm³/mol. The summed E-state index contributed by atoms with van der Waals surface area (Å²) >= 11 is 0. The molecule has 1 aromatic carbocycles. The average Bonchev–Trinajstić information content (AvgIpc) is 3.31. The number of nitrogens with zero attached hydrogens (tertiary/aromatic N) is 1. The molecular formula is C16H19NO4. The second kappa shape index (κ2) is 6.92. The number of aliphatic imine (C=N–C) groups is 1. The molecule has 0 atom stereocenters. The Kier molecular flexibility index (Phi) is 4.98. The first-order valence-corrected chi connectivity index (χ1v) is 6.94. The summed E-state index contributed by atoms with van der Waals surface area (Å²) in [6, 6.07) is 7.19. The second-order valence-electron chi connectivity index (χ2n) is 4.69. The van der Waals surface area contributed by atoms with Crippen LogP contribution in [0.15, 0.2) is 34.8 Å². The van der Waals surface area contributed by atoms with Gasteiger partial charge in [0.2, 0.25) is 0 Å². The van der Waals surface area contributed by atoms with Gasteiger partial charge in [0.15, 0.2) is 0 Å². The lowest BCUT2D eigenvalue weighted by Crippen LogP contribution is -2.12. The molecule has 1 N–H and O–H groups in total. The van der Waals surface area contributed by atoms with E-state index >= 15 is 0 Å². The molecule has 1 aliphatic carbocycles. The van der Waals surface area contributed by atoms with Crippen LogP contribution in [0.1, 0.15) is 25.3 Å². The number of hydrogen-bond acceptors (Lipinski definition) is 5. The van der Waals surface area contributed by atoms with Gasteiger partial charge in [-0.2, -0.15) is 0 Å². The van der Waals surface area contributed by atoms with E-state index in [0.717, 1.165) is 12.8 Å². The largest absolute Gasteiger partial charge is 0.506 e. The van der Waals surface area contributed by atoms with Crippen molar-refractivity contribution in [3.05, 3.63) is 35.4 Å². The molecule has 0 heterocycles. The fraction of sp³-hybridized carbons (Fsp3) is 0.375. The molecule has 0 aliphatic heterocycles. The van der Waals surface area contributed by atoms with Gasteiger partial charge in [-0.25, -0.2) is 4.79 Å². The zero-order valence-corrected chi connectivity index (χ0v) is 12.2. The van der Waals surface area contributed by atoms with Gasteiger partial charge in [-0.3, -0.25) is 4.99 Å². The Morgan fingerprint density at radius 3 is 2.76 bits per heavy atom. The highest BCUT2D eigenvalue weighted by Crippen LogP contribution is 2.27. The van der Waals surface area contributed by atoms with E-state index in [1.54, 1.807) is 31.2 Å². The molecule has 0 amide bonds. The summed E-state index contributed by atoms with van der Waals surface area (Å²) in [7, 11) is 1.51. The van der Waals surface area contributed by atoms with E-state index in [1.165, 1.54) is 13.3 Å². The van der Waals surface area contributed by atoms with Crippen LogP contribution >= 0.6 is 0 Å². The molecule has 1 saturated carbocycles. The minimum absolute atomic E-state index is 0.0493. The summed E-state index contributed by atoms with van der Waals surface area (Å²) in [4.78, 5) is 16.3. The van der Waals surface area contributed by atoms with Crippen LogP contribution in [0, 0.1) is 0 Å². The van der Waals surface area contributed by atoms with Gasteiger partial charge in [0.25, 0.3) is 0 Å². The number of para-hydroxylation sites is 1. The molecule has 2 rings (SSSR count). The lowest BCUT2D eigenvalue weighted by atomic mass is 10.1. The van der Waals surface area contributed by atoms with Crippen LogP contribution in [0.4, 0.5) is 0 Å². The number of benzene rings is 1. The van der Waals surface area contributed by atoms with Gasteiger partial charge in [0.05, 0.1) is 25.3 Å². The molecule has 5 heteroatoms. The van der Waals surface area contributed by atoms with Crippen molar-refractivity contribution in [3.8, 4) is 5.75 Å². The summed E-state index contributed by atoms with van der Waals surface area (Å²) in [6.07, 6.45) is 3.43. The first-order valence-electron chi connectivity index (χ1n) is 6.94. The molecule has 112 valence electrons. The summed E-state index contributed by atoms with van der Waals surface area (Å²) < 4.78 is 10.2. The Hall–Kier alpha value is -2.30. The molecule has 21 heavy (non-hydrogen) atoms. The zero-order valence-electron chi connectivity index (χ0n) is 12.2. The normalized spacial score (nSPS) is 15.7. The van der Waals surface area contributed by atoms with Crippen molar-refractivity contribution < 1.29 is 19.4 Å². The monoisotopic (exact) mass is 289 g/mol. The number of hydrogen-bond donors (Lipinski definition) is 1. The molecule has 1 fully saturated rings. The lowest BCUT2D eigenvalue weighted by Gasteiger charge is -2.10. The third-order valence-corrected chi connectivity index (χ3v) is 3.07. The quantitative estimate of drug-likeness (QED) is 0.378. The Balaban J connectivity index is 2.41. The van der Waals surface area contributed by atoms with E-state index < -0.39 is 5.97 Å². The van der Waals surface area contributed by atoms with E-state index in [-0.39, 0.29) is 24.0 Å². The fourth-order valence-electron chi connectivity index (χ4n) is 1.81. The van der Waals surface area contributed by atoms with Crippen molar-refractivity contribution in [3.63, 3.8) is 0 Å². The number of ether oxygens (including phenoxy) is 2. The summed E-state index contributed by atoms with van der Waals surface area (Å²) in [5, 5.41) is 10.4. The average molecular weight is 289 g/mol. The highest BCUT2D eigenvalue weighted by Gasteiger charge is 2.22. The predicted octanol–water partition coefficient (Wildman–Crippen LogP) is 2.76. The van der Waals surface area contributed by atoms with E-state index in [1.807, 2.05) is 0 Å². The number of rotatable bonds is 6. The first-order chi connectivity index (χ1) is 10.2. The standard InChI is InChI=1S/C16H19NO4/c1-3-21-16(19)13(10-17-11-8-9-11)15(18)12-6-4-5-7-14(12)20-2/h4-7,10-11,18H,3,8-9H2,1-2H3. The van der Waals surface area contributed by atoms with Crippen LogP contribution in [0.3, 0.4) is 0 Å². The van der Waals surface area contributed by atoms with Crippen LogP contribution < -0.4 is 4.74 Å². The SMILES string of the molecule is CCOC(=O)C(C=NC1CC1)=C(O)c1ccccc1OC. The molecule has 0 radical (unpaired) electrons. The van der Waals surface area contributed by atoms with Gasteiger partial charge in [-0.15, -0.1) is 0 Å². The van der Waals surface area contributed by atoms with Crippen LogP contribution in [-0.4, -0.2) is 37.0 Å². The van der Waals surface area contributed by atoms with Gasteiger partial charge in [0, 0.05) is 6.21 Å². The van der Waals surface area contributed by atoms with E-state index in [0.29, 0.717) is 11.3 Å². The minimum Gasteiger partial charge on any atom is -0.506 e. The van der Waals surface area contributed by atoms with Crippen LogP contribution in [0.2, 0.25) is 0 Å². The van der Waals surface area contributed by atoms with Crippen LogP contribution in [0.25, 0.3) is 5.76 Å². The number of aliphatic hydroxyl groups is 1. The fourth-order valence-corrected chi connectivity index (χ4v) is 1.81. The molecule has 0 saturated heterocycles. The Morgan fingerprint density at radius 1 is 1.43 bits per heavy atom. The maximum Gasteiger partial charge on any atom is 0.343 e. The third kappa shape index (κ3) is 3.84. The maximum absolute atomic E-state index is 12.0. The van der Waals surface area contributed by atoms with Gasteiger partial charge >= 0.3 is 5.97 Å². The first kappa shape index (κ1) is 15.1. The highest BCUT2D eigenvalue weighted by molar-refractivity contribution is 6.15. The summed E-state index contributed by atoms with van der Waals surface area (Å²) in [5.74, 6) is -0.294. The smallest absolute Gasteiger partial charge is 0.343 e. The van der Waals surface area contributed by atoms with Crippen molar-refractivity contribution >= 4 is 17.9 Å².